The van der Waals surface area contributed by atoms with Crippen LogP contribution in [0.4, 0.5) is 10.1 Å². The predicted molar refractivity (Wildman–Crippen MR) is 118 cm³/mol. The number of benzene rings is 2. The van der Waals surface area contributed by atoms with Crippen molar-refractivity contribution in [3.8, 4) is 5.75 Å². The lowest BCUT2D eigenvalue weighted by atomic mass is 10.0. The normalized spacial score (nSPS) is 16.1. The van der Waals surface area contributed by atoms with E-state index < -0.39 is 6.10 Å². The van der Waals surface area contributed by atoms with Crippen molar-refractivity contribution in [1.82, 2.24) is 4.90 Å². The number of nitrogens with zero attached hydrogens (tertiary/aromatic N) is 2. The zero-order chi connectivity index (χ0) is 21.3. The first-order chi connectivity index (χ1) is 14.5. The van der Waals surface area contributed by atoms with Gasteiger partial charge in [0.25, 0.3) is 0 Å². The van der Waals surface area contributed by atoms with Crippen LogP contribution in [0.2, 0.25) is 0 Å². The standard InChI is InChI=1S/C24H33FN2O3/c1-19(2)20-7-9-22(10-8-20)30-16-15-29-18-21(28)17-26-11-13-27(14-12-26)24-6-4-3-5-23(24)25/h3-10,19,21,28H,11-18H2,1-2H3/t21-/m1/s1. The Kier molecular flexibility index (Phi) is 8.49. The molecule has 164 valence electrons. The topological polar surface area (TPSA) is 45.2 Å². The van der Waals surface area contributed by atoms with Crippen molar-refractivity contribution in [3.05, 3.63) is 59.9 Å². The second-order valence-corrected chi connectivity index (χ2v) is 8.04. The maximum absolute atomic E-state index is 13.9. The summed E-state index contributed by atoms with van der Waals surface area (Å²) in [5.41, 5.74) is 1.94. The number of piperazine rings is 1. The first kappa shape index (κ1) is 22.5. The van der Waals surface area contributed by atoms with Gasteiger partial charge in [0.2, 0.25) is 0 Å². The highest BCUT2D eigenvalue weighted by atomic mass is 19.1. The van der Waals surface area contributed by atoms with E-state index in [1.165, 1.54) is 11.6 Å². The molecule has 1 saturated heterocycles. The number of para-hydroxylation sites is 1. The van der Waals surface area contributed by atoms with Crippen LogP contribution in [0, 0.1) is 5.82 Å². The van der Waals surface area contributed by atoms with Gasteiger partial charge in [-0.1, -0.05) is 38.1 Å². The van der Waals surface area contributed by atoms with Crippen molar-refractivity contribution in [3.63, 3.8) is 0 Å². The number of rotatable bonds is 10. The molecule has 2 aromatic carbocycles. The molecule has 0 unspecified atom stereocenters. The zero-order valence-electron chi connectivity index (χ0n) is 18.0. The summed E-state index contributed by atoms with van der Waals surface area (Å²) in [5.74, 6) is 1.15. The summed E-state index contributed by atoms with van der Waals surface area (Å²) in [4.78, 5) is 4.25. The summed E-state index contributed by atoms with van der Waals surface area (Å²) < 4.78 is 25.2. The Morgan fingerprint density at radius 1 is 0.967 bits per heavy atom. The molecule has 1 N–H and O–H groups in total. The van der Waals surface area contributed by atoms with Gasteiger partial charge < -0.3 is 19.5 Å². The van der Waals surface area contributed by atoms with Gasteiger partial charge in [-0.15, -0.1) is 0 Å². The van der Waals surface area contributed by atoms with Gasteiger partial charge in [0, 0.05) is 32.7 Å². The van der Waals surface area contributed by atoms with Crippen LogP contribution in [0.15, 0.2) is 48.5 Å². The predicted octanol–water partition coefficient (Wildman–Crippen LogP) is 3.53. The van der Waals surface area contributed by atoms with Crippen molar-refractivity contribution in [2.45, 2.75) is 25.9 Å². The van der Waals surface area contributed by atoms with E-state index >= 15 is 0 Å². The first-order valence-electron chi connectivity index (χ1n) is 10.7. The van der Waals surface area contributed by atoms with Gasteiger partial charge >= 0.3 is 0 Å². The molecule has 0 saturated carbocycles. The van der Waals surface area contributed by atoms with E-state index in [9.17, 15) is 9.50 Å². The van der Waals surface area contributed by atoms with Crippen LogP contribution >= 0.6 is 0 Å². The Balaban J connectivity index is 1.28. The van der Waals surface area contributed by atoms with Gasteiger partial charge in [0.05, 0.1) is 25.0 Å². The fraction of sp³-hybridized carbons (Fsp3) is 0.500. The SMILES string of the molecule is CC(C)c1ccc(OCCOC[C@H](O)CN2CCN(c3ccccc3F)CC2)cc1. The highest BCUT2D eigenvalue weighted by molar-refractivity contribution is 5.48. The number of anilines is 1. The number of ether oxygens (including phenoxy) is 2. The van der Waals surface area contributed by atoms with Crippen LogP contribution in [0.25, 0.3) is 0 Å². The fourth-order valence-corrected chi connectivity index (χ4v) is 3.62. The van der Waals surface area contributed by atoms with Crippen LogP contribution < -0.4 is 9.64 Å². The molecule has 0 aromatic heterocycles. The molecule has 1 fully saturated rings. The van der Waals surface area contributed by atoms with Crippen molar-refractivity contribution in [1.29, 1.82) is 0 Å². The molecule has 5 nitrogen and oxygen atoms in total. The molecule has 0 bridgehead atoms. The summed E-state index contributed by atoms with van der Waals surface area (Å²) in [6.07, 6.45) is -0.546. The molecule has 0 radical (unpaired) electrons. The zero-order valence-corrected chi connectivity index (χ0v) is 18.0. The van der Waals surface area contributed by atoms with E-state index in [2.05, 4.69) is 35.8 Å². The highest BCUT2D eigenvalue weighted by Crippen LogP contribution is 2.20. The third-order valence-corrected chi connectivity index (χ3v) is 5.39. The number of hydrogen-bond donors (Lipinski definition) is 1. The number of hydrogen-bond acceptors (Lipinski definition) is 5. The second-order valence-electron chi connectivity index (χ2n) is 8.04. The molecule has 0 spiro atoms. The lowest BCUT2D eigenvalue weighted by molar-refractivity contribution is 0.00716. The fourth-order valence-electron chi connectivity index (χ4n) is 3.62. The van der Waals surface area contributed by atoms with Crippen LogP contribution in [-0.2, 0) is 4.74 Å². The van der Waals surface area contributed by atoms with Crippen molar-refractivity contribution in [2.75, 3.05) is 57.4 Å². The Morgan fingerprint density at radius 3 is 2.33 bits per heavy atom. The van der Waals surface area contributed by atoms with Crippen molar-refractivity contribution >= 4 is 5.69 Å². The number of halogens is 1. The van der Waals surface area contributed by atoms with Gasteiger partial charge in [0.15, 0.2) is 0 Å². The van der Waals surface area contributed by atoms with Crippen molar-refractivity contribution < 1.29 is 19.0 Å². The van der Waals surface area contributed by atoms with Crippen LogP contribution in [0.5, 0.6) is 5.75 Å². The molecular formula is C24H33FN2O3. The minimum Gasteiger partial charge on any atom is -0.491 e. The highest BCUT2D eigenvalue weighted by Gasteiger charge is 2.21. The molecular weight excluding hydrogens is 383 g/mol. The molecule has 3 rings (SSSR count). The summed E-state index contributed by atoms with van der Waals surface area (Å²) in [6, 6.07) is 15.0. The Morgan fingerprint density at radius 2 is 1.67 bits per heavy atom. The third kappa shape index (κ3) is 6.69. The Hall–Kier alpha value is -2.15. The summed E-state index contributed by atoms with van der Waals surface area (Å²) >= 11 is 0. The van der Waals surface area contributed by atoms with E-state index in [0.29, 0.717) is 31.4 Å². The van der Waals surface area contributed by atoms with Gasteiger partial charge in [0.1, 0.15) is 18.2 Å². The first-order valence-corrected chi connectivity index (χ1v) is 10.7. The van der Waals surface area contributed by atoms with Gasteiger partial charge in [-0.3, -0.25) is 4.90 Å². The van der Waals surface area contributed by atoms with Gasteiger partial charge in [-0.2, -0.15) is 0 Å². The molecule has 0 amide bonds. The molecule has 1 atom stereocenters. The molecule has 1 aliphatic rings. The average Bonchev–Trinajstić information content (AvgIpc) is 2.75. The number of β-amino-alcohol motifs (C(OH)–C–C–N with tert-alkyl or cyclic N) is 1. The summed E-state index contributed by atoms with van der Waals surface area (Å²) in [7, 11) is 0. The molecule has 30 heavy (non-hydrogen) atoms. The molecule has 2 aromatic rings. The largest absolute Gasteiger partial charge is 0.491 e. The maximum atomic E-state index is 13.9. The van der Waals surface area contributed by atoms with Crippen LogP contribution in [0.1, 0.15) is 25.3 Å². The maximum Gasteiger partial charge on any atom is 0.146 e. The molecule has 1 aliphatic heterocycles. The van der Waals surface area contributed by atoms with Crippen LogP contribution in [0.3, 0.4) is 0 Å². The van der Waals surface area contributed by atoms with Gasteiger partial charge in [-0.05, 0) is 35.7 Å². The minimum atomic E-state index is -0.546. The quantitative estimate of drug-likeness (QED) is 0.601. The summed E-state index contributed by atoms with van der Waals surface area (Å²) in [6.45, 7) is 9.14. The monoisotopic (exact) mass is 416 g/mol. The van der Waals surface area contributed by atoms with Crippen LogP contribution in [-0.4, -0.2) is 68.7 Å². The Labute approximate surface area is 179 Å². The number of aliphatic hydroxyl groups excluding tert-OH is 1. The lowest BCUT2D eigenvalue weighted by Gasteiger charge is -2.36. The average molecular weight is 417 g/mol. The van der Waals surface area contributed by atoms with E-state index in [4.69, 9.17) is 9.47 Å². The van der Waals surface area contributed by atoms with E-state index in [-0.39, 0.29) is 12.4 Å². The minimum absolute atomic E-state index is 0.183. The third-order valence-electron chi connectivity index (χ3n) is 5.39. The van der Waals surface area contributed by atoms with Gasteiger partial charge in [-0.25, -0.2) is 4.39 Å². The molecule has 6 heteroatoms. The smallest absolute Gasteiger partial charge is 0.146 e. The number of aliphatic hydroxyl groups is 1. The van der Waals surface area contributed by atoms with E-state index in [1.54, 1.807) is 6.07 Å². The van der Waals surface area contributed by atoms with Crippen molar-refractivity contribution in [2.24, 2.45) is 0 Å². The molecule has 1 heterocycles. The Bertz CT molecular complexity index is 761. The van der Waals surface area contributed by atoms with E-state index in [1.807, 2.05) is 24.3 Å². The molecule has 0 aliphatic carbocycles. The lowest BCUT2D eigenvalue weighted by Crippen LogP contribution is -2.49. The van der Waals surface area contributed by atoms with E-state index in [0.717, 1.165) is 31.9 Å². The summed E-state index contributed by atoms with van der Waals surface area (Å²) in [5, 5.41) is 10.2. The second kappa shape index (κ2) is 11.3.